The molecule has 0 aromatic rings. The quantitative estimate of drug-likeness (QED) is 0.0693. The van der Waals surface area contributed by atoms with Gasteiger partial charge in [-0.3, -0.25) is 63.7 Å². The summed E-state index contributed by atoms with van der Waals surface area (Å²) in [5, 5.41) is 0. The molecule has 0 spiro atoms. The average Bonchev–Trinajstić information content (AvgIpc) is 2.66. The van der Waals surface area contributed by atoms with Crippen molar-refractivity contribution in [2.24, 2.45) is 11.8 Å². The topological polar surface area (TPSA) is 1080 Å². The number of rotatable bonds is 2. The van der Waals surface area contributed by atoms with Crippen molar-refractivity contribution in [3.8, 4) is 0 Å². The summed E-state index contributed by atoms with van der Waals surface area (Å²) in [6, 6.07) is 0. The molecule has 428 valence electrons. The molecule has 66 heavy (non-hydrogen) atoms. The zero-order chi connectivity index (χ0) is 55.4. The maximum atomic E-state index is 9.21. The smallest absolute Gasteiger partial charge is 0.344 e. The van der Waals surface area contributed by atoms with Crippen LogP contribution in [0.15, 0.2) is 0 Å². The van der Waals surface area contributed by atoms with Gasteiger partial charge in [0.05, 0.1) is 0 Å². The molecule has 0 bridgehead atoms. The molecule has 0 rings (SSSR count). The number of nitrogens with two attached hydrogens (primary N) is 2. The van der Waals surface area contributed by atoms with E-state index in [-0.39, 0.29) is 24.6 Å². The predicted molar refractivity (Wildman–Crippen MR) is 196 cm³/mol. The summed E-state index contributed by atoms with van der Waals surface area (Å²) in [6.07, 6.45) is 0. The molecule has 0 radical (unpaired) electrons. The van der Waals surface area contributed by atoms with Crippen LogP contribution in [-0.4, -0.2) is 190 Å². The van der Waals surface area contributed by atoms with Gasteiger partial charge in [-0.1, -0.05) is 0 Å². The number of hydrogen-bond acceptors (Lipinski definition) is 28. The second-order valence-electron chi connectivity index (χ2n) is 5.79. The summed E-state index contributed by atoms with van der Waals surface area (Å²) in [4.78, 5) is 86.2. The van der Waals surface area contributed by atoms with E-state index in [1.165, 1.54) is 0 Å². The third kappa shape index (κ3) is 9170. The fourth-order valence-corrected chi connectivity index (χ4v) is 0. The van der Waals surface area contributed by atoms with Gasteiger partial charge in [0, 0.05) is 0 Å². The van der Waals surface area contributed by atoms with E-state index in [2.05, 4.69) is 20.4 Å². The van der Waals surface area contributed by atoms with Crippen LogP contribution in [0, 0.1) is 0 Å². The first kappa shape index (κ1) is 111. The van der Waals surface area contributed by atoms with Crippen molar-refractivity contribution >= 4 is 114 Å². The highest BCUT2D eigenvalue weighted by atomic mass is 32.3. The van der Waals surface area contributed by atoms with Crippen LogP contribution >= 0.6 is 31.3 Å². The second kappa shape index (κ2) is 47.8. The molecular formula is H42N6O48P4S8. The van der Waals surface area contributed by atoms with Gasteiger partial charge >= 0.3 is 114 Å². The highest BCUT2D eigenvalue weighted by Gasteiger charge is 2.02. The van der Waals surface area contributed by atoms with Crippen molar-refractivity contribution in [3.63, 3.8) is 0 Å². The standard InChI is InChI=1S/2H3NO4S.4H3N.4H3O4P.6H2O4S/c2*1-5-6(2,3)4;;;;;10*1-5(2,3)4/h2*1H2,(H,2,3,4);4*1H3;4*(H3,1,2,3,4);6*(H2,1,2,3,4). The minimum absolute atomic E-state index is 0. The maximum absolute atomic E-state index is 9.21. The number of hydrogen-bond donors (Lipinski definition) is 32. The molecule has 0 aromatic heterocycles. The Morgan fingerprint density at radius 3 is 0.258 bits per heavy atom. The Hall–Kier alpha value is -0.840. The van der Waals surface area contributed by atoms with Gasteiger partial charge in [-0.05, 0) is 0 Å². The molecule has 0 aliphatic heterocycles. The van der Waals surface area contributed by atoms with Crippen LogP contribution in [0.2, 0.25) is 0 Å². The monoisotopic (exact) mass is 1270 g/mol. The molecule has 0 atom stereocenters. The lowest BCUT2D eigenvalue weighted by molar-refractivity contribution is 0.272. The van der Waals surface area contributed by atoms with E-state index in [4.69, 9.17) is 191 Å². The Bertz CT molecular complexity index is 1780. The van der Waals surface area contributed by atoms with Crippen molar-refractivity contribution in [1.29, 1.82) is 0 Å². The van der Waals surface area contributed by atoms with Crippen LogP contribution in [0.25, 0.3) is 0 Å². The summed E-state index contributed by atoms with van der Waals surface area (Å²) in [6.45, 7) is 0. The predicted octanol–water partition coefficient (Wildman–Crippen LogP) is -9.62. The average molecular weight is 1270 g/mol. The minimum atomic E-state index is -4.67. The summed E-state index contributed by atoms with van der Waals surface area (Å²) in [5.41, 5.74) is 0. The molecule has 66 heteroatoms. The van der Waals surface area contributed by atoms with Gasteiger partial charge in [0.25, 0.3) is 0 Å². The molecule has 0 unspecified atom stereocenters. The summed E-state index contributed by atoms with van der Waals surface area (Å²) in [5.74, 6) is 7.94. The first-order chi connectivity index (χ1) is 25.1. The van der Waals surface area contributed by atoms with E-state index in [0.717, 1.165) is 0 Å². The molecule has 0 heterocycles. The van der Waals surface area contributed by atoms with Crippen LogP contribution in [0.3, 0.4) is 0 Å². The van der Waals surface area contributed by atoms with Gasteiger partial charge in [0.15, 0.2) is 0 Å². The third-order valence-corrected chi connectivity index (χ3v) is 0.730. The van der Waals surface area contributed by atoms with Crippen LogP contribution in [0.5, 0.6) is 0 Å². The number of phosphoric acid groups is 4. The van der Waals surface area contributed by atoms with E-state index >= 15 is 0 Å². The summed E-state index contributed by atoms with van der Waals surface area (Å²) in [7, 11) is -55.3. The molecule has 42 N–H and O–H groups in total. The van der Waals surface area contributed by atoms with Crippen molar-refractivity contribution in [2.75, 3.05) is 0 Å². The van der Waals surface area contributed by atoms with Crippen LogP contribution in [0.1, 0.15) is 0 Å². The van der Waals surface area contributed by atoms with Crippen molar-refractivity contribution < 1.29 is 217 Å². The Labute approximate surface area is 366 Å². The molecule has 0 aliphatic carbocycles. The largest absolute Gasteiger partial charge is 0.466 e. The molecule has 0 fully saturated rings. The lowest BCUT2D eigenvalue weighted by Gasteiger charge is -1.82. The summed E-state index contributed by atoms with van der Waals surface area (Å²) < 4.78 is 283. The summed E-state index contributed by atoms with van der Waals surface area (Å²) >= 11 is 0. The van der Waals surface area contributed by atoms with E-state index in [1.54, 1.807) is 0 Å². The molecule has 0 aliphatic rings. The van der Waals surface area contributed by atoms with Crippen LogP contribution in [0.4, 0.5) is 0 Å². The highest BCUT2D eigenvalue weighted by Crippen LogP contribution is 2.27. The molecule has 0 aromatic carbocycles. The van der Waals surface area contributed by atoms with Gasteiger partial charge in [0.1, 0.15) is 0 Å². The minimum Gasteiger partial charge on any atom is -0.344 e. The van der Waals surface area contributed by atoms with E-state index in [0.29, 0.717) is 0 Å². The Kier molecular flexibility index (Phi) is 80.4. The van der Waals surface area contributed by atoms with Crippen LogP contribution < -0.4 is 36.4 Å². The van der Waals surface area contributed by atoms with Crippen molar-refractivity contribution in [1.82, 2.24) is 24.6 Å². The lowest BCUT2D eigenvalue weighted by Crippen LogP contribution is -2.08. The highest BCUT2D eigenvalue weighted by molar-refractivity contribution is 7.81. The molecule has 0 amide bonds. The molecule has 0 saturated carbocycles. The Morgan fingerprint density at radius 1 is 0.242 bits per heavy atom. The lowest BCUT2D eigenvalue weighted by atomic mass is 13.6. The molecule has 0 saturated heterocycles. The zero-order valence-electron chi connectivity index (χ0n) is 29.6. The van der Waals surface area contributed by atoms with Crippen LogP contribution in [-0.2, 0) is 110 Å². The Morgan fingerprint density at radius 2 is 0.258 bits per heavy atom. The SMILES string of the molecule is N.N.N.N.NOS(=O)(=O)O.NOS(=O)(=O)O.O=P(O)(O)O.O=P(O)(O)O.O=P(O)(O)O.O=P(O)(O)O.O=S(=O)(O)O.O=S(=O)(O)O.O=S(=O)(O)O.O=S(=O)(O)O.O=S(=O)(O)O.O=S(=O)(O)O. The van der Waals surface area contributed by atoms with Gasteiger partial charge < -0.3 is 83.3 Å². The normalized spacial score (nSPS) is 11.0. The Balaban J connectivity index is -0.0000000294. The first-order valence-corrected chi connectivity index (χ1v) is 26.5. The van der Waals surface area contributed by atoms with Crippen molar-refractivity contribution in [3.05, 3.63) is 0 Å². The molecular weight excluding hydrogens is 1230 g/mol. The fourth-order valence-electron chi connectivity index (χ4n) is 0. The first-order valence-electron chi connectivity index (χ1n) is 9.16. The van der Waals surface area contributed by atoms with Gasteiger partial charge in [-0.2, -0.15) is 87.7 Å². The maximum Gasteiger partial charge on any atom is 0.466 e. The van der Waals surface area contributed by atoms with E-state index in [1.807, 2.05) is 0 Å². The van der Waals surface area contributed by atoms with Gasteiger partial charge in [-0.25, -0.2) is 18.3 Å². The fraction of sp³-hybridized carbons (Fsp3) is 0. The third-order valence-electron chi connectivity index (χ3n) is 0.243. The van der Waals surface area contributed by atoms with E-state index in [9.17, 15) is 16.8 Å². The van der Waals surface area contributed by atoms with Gasteiger partial charge in [0.2, 0.25) is 0 Å². The van der Waals surface area contributed by atoms with Gasteiger partial charge in [-0.15, -0.1) is 0 Å². The van der Waals surface area contributed by atoms with E-state index < -0.39 is 114 Å². The second-order valence-corrected chi connectivity index (χ2v) is 17.4. The molecule has 54 nitrogen and oxygen atoms in total. The van der Waals surface area contributed by atoms with Crippen molar-refractivity contribution in [2.45, 2.75) is 0 Å². The zero-order valence-corrected chi connectivity index (χ0v) is 39.8.